The summed E-state index contributed by atoms with van der Waals surface area (Å²) in [7, 11) is 0. The molecule has 0 unspecified atom stereocenters. The Morgan fingerprint density at radius 2 is 1.96 bits per heavy atom. The van der Waals surface area contributed by atoms with Gasteiger partial charge in [-0.1, -0.05) is 25.1 Å². The third-order valence-electron chi connectivity index (χ3n) is 4.86. The highest BCUT2D eigenvalue weighted by molar-refractivity contribution is 7.98. The first kappa shape index (κ1) is 18.6. The maximum absolute atomic E-state index is 5.77. The highest BCUT2D eigenvalue weighted by Crippen LogP contribution is 2.40. The Morgan fingerprint density at radius 1 is 1.15 bits per heavy atom. The van der Waals surface area contributed by atoms with Gasteiger partial charge in [-0.25, -0.2) is 9.97 Å². The van der Waals surface area contributed by atoms with Gasteiger partial charge in [0.25, 0.3) is 0 Å². The normalized spacial score (nSPS) is 13.6. The van der Waals surface area contributed by atoms with Gasteiger partial charge in [-0.3, -0.25) is 0 Å². The summed E-state index contributed by atoms with van der Waals surface area (Å²) in [4.78, 5) is 12.2. The van der Waals surface area contributed by atoms with E-state index in [9.17, 15) is 0 Å². The zero-order valence-electron chi connectivity index (χ0n) is 15.9. The van der Waals surface area contributed by atoms with Crippen LogP contribution in [0, 0.1) is 0 Å². The molecule has 0 fully saturated rings. The molecule has 2 aromatic heterocycles. The molecule has 1 aliphatic carbocycles. The molecule has 1 aromatic carbocycles. The van der Waals surface area contributed by atoms with E-state index in [4.69, 9.17) is 14.7 Å². The molecule has 3 aromatic rings. The van der Waals surface area contributed by atoms with Crippen LogP contribution in [0.1, 0.15) is 43.0 Å². The number of hydrogen-bond donors (Lipinski definition) is 1. The smallest absolute Gasteiger partial charge is 0.190 e. The number of hydrogen-bond acceptors (Lipinski definition) is 6. The van der Waals surface area contributed by atoms with Gasteiger partial charge in [0.2, 0.25) is 0 Å². The molecule has 0 saturated carbocycles. The number of nitrogens with zero attached hydrogens (tertiary/aromatic N) is 2. The molecule has 4 rings (SSSR count). The van der Waals surface area contributed by atoms with E-state index in [1.165, 1.54) is 35.1 Å². The molecular weight excluding hydrogens is 374 g/mol. The molecule has 142 valence electrons. The van der Waals surface area contributed by atoms with E-state index in [1.807, 2.05) is 29.7 Å². The second-order valence-corrected chi connectivity index (χ2v) is 8.66. The first-order valence-electron chi connectivity index (χ1n) is 9.64. The Kier molecular flexibility index (Phi) is 5.83. The lowest BCUT2D eigenvalue weighted by atomic mass is 9.97. The van der Waals surface area contributed by atoms with Crippen LogP contribution in [0.2, 0.25) is 0 Å². The lowest BCUT2D eigenvalue weighted by Gasteiger charge is -2.13. The highest BCUT2D eigenvalue weighted by Gasteiger charge is 2.21. The number of nitrogens with one attached hydrogen (secondary N) is 1. The zero-order valence-corrected chi connectivity index (χ0v) is 17.5. The summed E-state index contributed by atoms with van der Waals surface area (Å²) in [6, 6.07) is 8.17. The zero-order chi connectivity index (χ0) is 18.6. The van der Waals surface area contributed by atoms with E-state index in [0.717, 1.165) is 53.1 Å². The molecule has 0 radical (unpaired) electrons. The van der Waals surface area contributed by atoms with E-state index in [2.05, 4.69) is 24.4 Å². The summed E-state index contributed by atoms with van der Waals surface area (Å²) in [5, 5.41) is 5.58. The van der Waals surface area contributed by atoms with E-state index in [0.29, 0.717) is 0 Å². The number of rotatable bonds is 7. The summed E-state index contributed by atoms with van der Waals surface area (Å²) in [6.07, 6.45) is 9.11. The van der Waals surface area contributed by atoms with Crippen molar-refractivity contribution in [3.8, 4) is 5.75 Å². The van der Waals surface area contributed by atoms with Crippen molar-refractivity contribution < 1.29 is 4.74 Å². The Balaban J connectivity index is 1.63. The number of aryl methyl sites for hydroxylation is 2. The number of unbranched alkanes of at least 4 members (excludes halogenated alkanes) is 1. The van der Waals surface area contributed by atoms with Crippen molar-refractivity contribution in [2.45, 2.75) is 50.6 Å². The van der Waals surface area contributed by atoms with E-state index in [1.54, 1.807) is 11.8 Å². The molecule has 4 nitrogen and oxygen atoms in total. The molecule has 0 bridgehead atoms. The number of benzene rings is 1. The van der Waals surface area contributed by atoms with E-state index < -0.39 is 0 Å². The van der Waals surface area contributed by atoms with Crippen LogP contribution in [0.4, 0.5) is 11.5 Å². The SMILES string of the molecule is CCCCOc1ccc(Nc2nc(SC)nc3sc4c(c23)CCCC4)cc1. The molecule has 1 aliphatic rings. The summed E-state index contributed by atoms with van der Waals surface area (Å²) in [5.74, 6) is 1.85. The van der Waals surface area contributed by atoms with Gasteiger partial charge < -0.3 is 10.1 Å². The second kappa shape index (κ2) is 8.48. The van der Waals surface area contributed by atoms with Crippen molar-refractivity contribution in [2.24, 2.45) is 0 Å². The van der Waals surface area contributed by atoms with Gasteiger partial charge in [0, 0.05) is 10.6 Å². The Bertz CT molecular complexity index is 921. The van der Waals surface area contributed by atoms with Crippen LogP contribution in [0.25, 0.3) is 10.2 Å². The molecule has 0 amide bonds. The number of aromatic nitrogens is 2. The number of thioether (sulfide) groups is 1. The van der Waals surface area contributed by atoms with Gasteiger partial charge in [0.05, 0.1) is 12.0 Å². The van der Waals surface area contributed by atoms with Crippen LogP contribution >= 0.6 is 23.1 Å². The minimum absolute atomic E-state index is 0.772. The number of thiophene rings is 1. The van der Waals surface area contributed by atoms with Gasteiger partial charge in [0.1, 0.15) is 16.4 Å². The molecule has 27 heavy (non-hydrogen) atoms. The van der Waals surface area contributed by atoms with Crippen molar-refractivity contribution in [1.82, 2.24) is 9.97 Å². The summed E-state index contributed by atoms with van der Waals surface area (Å²) in [6.45, 7) is 2.94. The highest BCUT2D eigenvalue weighted by atomic mass is 32.2. The Morgan fingerprint density at radius 3 is 2.74 bits per heavy atom. The lowest BCUT2D eigenvalue weighted by molar-refractivity contribution is 0.309. The van der Waals surface area contributed by atoms with Crippen molar-refractivity contribution in [2.75, 3.05) is 18.2 Å². The van der Waals surface area contributed by atoms with E-state index in [-0.39, 0.29) is 0 Å². The third-order valence-corrected chi connectivity index (χ3v) is 6.59. The van der Waals surface area contributed by atoms with Gasteiger partial charge in [-0.15, -0.1) is 11.3 Å². The van der Waals surface area contributed by atoms with Crippen LogP contribution in [0.15, 0.2) is 29.4 Å². The predicted molar refractivity (Wildman–Crippen MR) is 116 cm³/mol. The monoisotopic (exact) mass is 399 g/mol. The summed E-state index contributed by atoms with van der Waals surface area (Å²) < 4.78 is 5.77. The Labute approximate surface area is 168 Å². The minimum Gasteiger partial charge on any atom is -0.494 e. The maximum atomic E-state index is 5.77. The molecule has 0 atom stereocenters. The maximum Gasteiger partial charge on any atom is 0.190 e. The second-order valence-electron chi connectivity index (χ2n) is 6.80. The molecule has 0 spiro atoms. The standard InChI is InChI=1S/C21H25N3OS2/c1-3-4-13-25-15-11-9-14(10-12-15)22-19-18-16-7-5-6-8-17(16)27-20(18)24-21(23-19)26-2/h9-12H,3-8,13H2,1-2H3,(H,22,23,24). The van der Waals surface area contributed by atoms with Crippen molar-refractivity contribution in [3.63, 3.8) is 0 Å². The van der Waals surface area contributed by atoms with Crippen LogP contribution in [0.5, 0.6) is 5.75 Å². The molecule has 6 heteroatoms. The average Bonchev–Trinajstić information content (AvgIpc) is 3.08. The fourth-order valence-corrected chi connectivity index (χ4v) is 5.11. The van der Waals surface area contributed by atoms with Crippen LogP contribution in [-0.2, 0) is 12.8 Å². The summed E-state index contributed by atoms with van der Waals surface area (Å²) >= 11 is 3.44. The van der Waals surface area contributed by atoms with Crippen LogP contribution in [0.3, 0.4) is 0 Å². The van der Waals surface area contributed by atoms with Gasteiger partial charge >= 0.3 is 0 Å². The Hall–Kier alpha value is -1.79. The fourth-order valence-electron chi connectivity index (χ4n) is 3.43. The molecule has 0 saturated heterocycles. The first-order chi connectivity index (χ1) is 13.3. The first-order valence-corrected chi connectivity index (χ1v) is 11.7. The number of anilines is 2. The minimum atomic E-state index is 0.772. The number of ether oxygens (including phenoxy) is 1. The van der Waals surface area contributed by atoms with E-state index >= 15 is 0 Å². The largest absolute Gasteiger partial charge is 0.494 e. The summed E-state index contributed by atoms with van der Waals surface area (Å²) in [5.41, 5.74) is 2.48. The number of fused-ring (bicyclic) bond motifs is 3. The fraction of sp³-hybridized carbons (Fsp3) is 0.429. The predicted octanol–water partition coefficient (Wildman–Crippen LogP) is 6.21. The van der Waals surface area contributed by atoms with Crippen LogP contribution in [-0.4, -0.2) is 22.8 Å². The molecule has 0 aliphatic heterocycles. The van der Waals surface area contributed by atoms with Crippen molar-refractivity contribution in [1.29, 1.82) is 0 Å². The lowest BCUT2D eigenvalue weighted by Crippen LogP contribution is -2.02. The average molecular weight is 400 g/mol. The van der Waals surface area contributed by atoms with Crippen molar-refractivity contribution in [3.05, 3.63) is 34.7 Å². The topological polar surface area (TPSA) is 47.0 Å². The quantitative estimate of drug-likeness (QED) is 0.290. The molecule has 2 heterocycles. The van der Waals surface area contributed by atoms with Gasteiger partial charge in [0.15, 0.2) is 5.16 Å². The third kappa shape index (κ3) is 4.06. The van der Waals surface area contributed by atoms with Gasteiger partial charge in [-0.05, 0) is 68.2 Å². The van der Waals surface area contributed by atoms with Crippen molar-refractivity contribution >= 4 is 44.8 Å². The van der Waals surface area contributed by atoms with Gasteiger partial charge in [-0.2, -0.15) is 0 Å². The molecular formula is C21H25N3OS2. The van der Waals surface area contributed by atoms with Crippen LogP contribution < -0.4 is 10.1 Å². The molecule has 1 N–H and O–H groups in total.